The molecule has 2 heterocycles. The number of thiazole rings is 1. The second-order valence-corrected chi connectivity index (χ2v) is 9.13. The molecule has 4 aromatic rings. The highest BCUT2D eigenvalue weighted by molar-refractivity contribution is 7.89. The largest absolute Gasteiger partial charge is 0.400 e. The van der Waals surface area contributed by atoms with Gasteiger partial charge in [0.2, 0.25) is 15.2 Å². The van der Waals surface area contributed by atoms with Crippen LogP contribution in [0.5, 0.6) is 0 Å². The Morgan fingerprint density at radius 2 is 1.68 bits per heavy atom. The number of carbonyl (C=O) groups excluding carboxylic acids is 1. The molecule has 34 heavy (non-hydrogen) atoms. The highest BCUT2D eigenvalue weighted by Crippen LogP contribution is 2.30. The molecule has 0 spiro atoms. The van der Waals surface area contributed by atoms with Crippen LogP contribution in [0.3, 0.4) is 0 Å². The average molecular weight is 501 g/mol. The molecule has 8 nitrogen and oxygen atoms in total. The summed E-state index contributed by atoms with van der Waals surface area (Å²) in [4.78, 5) is 15.4. The molecule has 0 bridgehead atoms. The highest BCUT2D eigenvalue weighted by atomic mass is 32.2. The lowest BCUT2D eigenvalue weighted by Gasteiger charge is -2.06. The Bertz CT molecular complexity index is 1310. The second-order valence-electron chi connectivity index (χ2n) is 6.73. The number of carbonyl (C=O) groups is 1. The lowest BCUT2D eigenvalue weighted by atomic mass is 9.99. The SMILES string of the molecule is CC.CO.Cc1c(Cc2ccc(S(N)(=O)=O)cc2)c(-c2ccccc2)nn1-c1nc(C=O)cs1. The van der Waals surface area contributed by atoms with Crippen LogP contribution in [0.1, 0.15) is 41.2 Å². The number of aromatic nitrogens is 3. The monoisotopic (exact) mass is 500 g/mol. The van der Waals surface area contributed by atoms with Crippen molar-refractivity contribution >= 4 is 27.6 Å². The number of nitrogens with two attached hydrogens (primary N) is 1. The van der Waals surface area contributed by atoms with E-state index in [1.54, 1.807) is 22.2 Å². The number of hydrogen-bond donors (Lipinski definition) is 2. The van der Waals surface area contributed by atoms with Crippen molar-refractivity contribution in [2.24, 2.45) is 5.14 Å². The molecule has 0 saturated carbocycles. The van der Waals surface area contributed by atoms with Crippen molar-refractivity contribution in [3.05, 3.63) is 82.5 Å². The Kier molecular flexibility index (Phi) is 9.82. The van der Waals surface area contributed by atoms with Gasteiger partial charge in [0.15, 0.2) is 6.29 Å². The Morgan fingerprint density at radius 1 is 1.06 bits per heavy atom. The van der Waals surface area contributed by atoms with Crippen molar-refractivity contribution in [2.75, 3.05) is 7.11 Å². The van der Waals surface area contributed by atoms with Gasteiger partial charge in [-0.25, -0.2) is 23.2 Å². The molecule has 0 radical (unpaired) electrons. The van der Waals surface area contributed by atoms with Crippen LogP contribution < -0.4 is 5.14 Å². The van der Waals surface area contributed by atoms with Crippen molar-refractivity contribution in [1.82, 2.24) is 14.8 Å². The van der Waals surface area contributed by atoms with Crippen LogP contribution >= 0.6 is 11.3 Å². The summed E-state index contributed by atoms with van der Waals surface area (Å²) < 4.78 is 24.8. The average Bonchev–Trinajstić information content (AvgIpc) is 3.47. The Hall–Kier alpha value is -3.18. The van der Waals surface area contributed by atoms with Gasteiger partial charge < -0.3 is 5.11 Å². The van der Waals surface area contributed by atoms with Crippen LogP contribution in [0.2, 0.25) is 0 Å². The first-order chi connectivity index (χ1) is 16.4. The van der Waals surface area contributed by atoms with E-state index in [0.29, 0.717) is 23.5 Å². The van der Waals surface area contributed by atoms with E-state index in [0.717, 1.165) is 35.2 Å². The third-order valence-electron chi connectivity index (χ3n) is 4.73. The summed E-state index contributed by atoms with van der Waals surface area (Å²) in [6, 6.07) is 16.3. The molecule has 0 aliphatic rings. The first-order valence-corrected chi connectivity index (χ1v) is 12.9. The Labute approximate surface area is 203 Å². The summed E-state index contributed by atoms with van der Waals surface area (Å²) in [6.07, 6.45) is 1.26. The van der Waals surface area contributed by atoms with E-state index in [2.05, 4.69) is 4.98 Å². The van der Waals surface area contributed by atoms with Crippen LogP contribution in [0.15, 0.2) is 64.9 Å². The Morgan fingerprint density at radius 3 is 2.21 bits per heavy atom. The number of primary sulfonamides is 1. The number of rotatable bonds is 6. The summed E-state index contributed by atoms with van der Waals surface area (Å²) >= 11 is 1.35. The number of aliphatic hydroxyl groups is 1. The maximum atomic E-state index is 11.5. The van der Waals surface area contributed by atoms with Crippen LogP contribution in [-0.4, -0.2) is 41.7 Å². The fourth-order valence-corrected chi connectivity index (χ4v) is 4.47. The van der Waals surface area contributed by atoms with Crippen molar-refractivity contribution in [1.29, 1.82) is 0 Å². The van der Waals surface area contributed by atoms with Crippen molar-refractivity contribution in [3.8, 4) is 16.4 Å². The molecule has 0 amide bonds. The smallest absolute Gasteiger partial charge is 0.238 e. The zero-order valence-corrected chi connectivity index (χ0v) is 21.1. The van der Waals surface area contributed by atoms with E-state index < -0.39 is 10.0 Å². The van der Waals surface area contributed by atoms with Crippen LogP contribution in [0.4, 0.5) is 0 Å². The molecule has 2 aromatic carbocycles. The summed E-state index contributed by atoms with van der Waals surface area (Å²) in [7, 11) is -2.74. The van der Waals surface area contributed by atoms with E-state index in [9.17, 15) is 13.2 Å². The summed E-state index contributed by atoms with van der Waals surface area (Å²) in [5, 5.41) is 19.3. The van der Waals surface area contributed by atoms with Gasteiger partial charge in [0, 0.05) is 35.7 Å². The summed E-state index contributed by atoms with van der Waals surface area (Å²) in [5.74, 6) is 0. The van der Waals surface area contributed by atoms with E-state index in [4.69, 9.17) is 15.3 Å². The number of aliphatic hydroxyl groups excluding tert-OH is 1. The molecule has 10 heteroatoms. The first-order valence-electron chi connectivity index (χ1n) is 10.5. The molecule has 2 aromatic heterocycles. The molecule has 0 aliphatic heterocycles. The molecule has 4 rings (SSSR count). The van der Waals surface area contributed by atoms with E-state index >= 15 is 0 Å². The minimum Gasteiger partial charge on any atom is -0.400 e. The topological polar surface area (TPSA) is 128 Å². The number of hydrogen-bond acceptors (Lipinski definition) is 7. The fourth-order valence-electron chi connectivity index (χ4n) is 3.19. The molecule has 3 N–H and O–H groups in total. The molecular formula is C24H28N4O4S2. The maximum absolute atomic E-state index is 11.5. The van der Waals surface area contributed by atoms with Crippen molar-refractivity contribution in [3.63, 3.8) is 0 Å². The molecule has 0 saturated heterocycles. The lowest BCUT2D eigenvalue weighted by Crippen LogP contribution is -2.11. The normalized spacial score (nSPS) is 10.5. The van der Waals surface area contributed by atoms with E-state index in [1.807, 2.05) is 51.1 Å². The fraction of sp³-hybridized carbons (Fsp3) is 0.208. The molecule has 180 valence electrons. The second kappa shape index (κ2) is 12.3. The molecular weight excluding hydrogens is 472 g/mol. The molecule has 0 aliphatic carbocycles. The van der Waals surface area contributed by atoms with Gasteiger partial charge in [-0.15, -0.1) is 11.3 Å². The van der Waals surface area contributed by atoms with Crippen LogP contribution in [-0.2, 0) is 16.4 Å². The third-order valence-corrected chi connectivity index (χ3v) is 6.50. The Balaban J connectivity index is 0.000000970. The predicted octanol–water partition coefficient (Wildman–Crippen LogP) is 3.99. The predicted molar refractivity (Wildman–Crippen MR) is 135 cm³/mol. The highest BCUT2D eigenvalue weighted by Gasteiger charge is 2.19. The summed E-state index contributed by atoms with van der Waals surface area (Å²) in [6.45, 7) is 5.95. The van der Waals surface area contributed by atoms with Crippen LogP contribution in [0, 0.1) is 6.92 Å². The third kappa shape index (κ3) is 6.23. The standard InChI is InChI=1S/C21H18N4O3S2.C2H6.CH4O/c1-14-19(11-15-7-9-18(10-8-15)30(22,27)28)20(16-5-3-2-4-6-16)24-25(14)21-23-17(12-26)13-29-21;2*1-2/h2-10,12-13H,11H2,1H3,(H2,22,27,28);1-2H3;2H,1H3. The molecule has 0 unspecified atom stereocenters. The molecule has 0 atom stereocenters. The number of aldehydes is 1. The van der Waals surface area contributed by atoms with Crippen molar-refractivity contribution < 1.29 is 18.3 Å². The van der Waals surface area contributed by atoms with Gasteiger partial charge in [-0.3, -0.25) is 4.79 Å². The number of benzene rings is 2. The summed E-state index contributed by atoms with van der Waals surface area (Å²) in [5.41, 5.74) is 4.96. The van der Waals surface area contributed by atoms with Crippen molar-refractivity contribution in [2.45, 2.75) is 32.1 Å². The maximum Gasteiger partial charge on any atom is 0.238 e. The quantitative estimate of drug-likeness (QED) is 0.385. The van der Waals surface area contributed by atoms with Gasteiger partial charge >= 0.3 is 0 Å². The van der Waals surface area contributed by atoms with E-state index in [1.165, 1.54) is 23.5 Å². The minimum absolute atomic E-state index is 0.0751. The van der Waals surface area contributed by atoms with Gasteiger partial charge in [0.05, 0.1) is 10.6 Å². The van der Waals surface area contributed by atoms with E-state index in [-0.39, 0.29) is 4.90 Å². The molecule has 0 fully saturated rings. The van der Waals surface area contributed by atoms with Gasteiger partial charge in [-0.1, -0.05) is 56.3 Å². The van der Waals surface area contributed by atoms with Gasteiger partial charge in [0.25, 0.3) is 0 Å². The number of nitrogens with zero attached hydrogens (tertiary/aromatic N) is 3. The zero-order valence-electron chi connectivity index (χ0n) is 19.5. The zero-order chi connectivity index (χ0) is 25.3. The van der Waals surface area contributed by atoms with Gasteiger partial charge in [-0.2, -0.15) is 5.10 Å². The number of sulfonamides is 1. The minimum atomic E-state index is -3.74. The first kappa shape index (κ1) is 27.1. The lowest BCUT2D eigenvalue weighted by molar-refractivity contribution is 0.111. The van der Waals surface area contributed by atoms with Crippen LogP contribution in [0.25, 0.3) is 16.4 Å². The van der Waals surface area contributed by atoms with Gasteiger partial charge in [-0.05, 0) is 24.6 Å². The van der Waals surface area contributed by atoms with Gasteiger partial charge in [0.1, 0.15) is 5.69 Å².